The number of rotatable bonds is 5. The van der Waals surface area contributed by atoms with E-state index in [9.17, 15) is 8.42 Å². The van der Waals surface area contributed by atoms with Crippen molar-refractivity contribution in [2.75, 3.05) is 24.2 Å². The molecule has 0 unspecified atom stereocenters. The highest BCUT2D eigenvalue weighted by atomic mass is 35.5. The van der Waals surface area contributed by atoms with Crippen LogP contribution in [0.25, 0.3) is 16.2 Å². The van der Waals surface area contributed by atoms with E-state index in [1.807, 2.05) is 0 Å². The number of nitrogens with zero attached hydrogens (tertiary/aromatic N) is 6. The summed E-state index contributed by atoms with van der Waals surface area (Å²) in [7, 11) is -3.26. The Morgan fingerprint density at radius 2 is 1.85 bits per heavy atom. The van der Waals surface area contributed by atoms with Crippen LogP contribution in [0.1, 0.15) is 50.2 Å². The number of fused-ring (bicyclic) bond motifs is 1. The zero-order valence-electron chi connectivity index (χ0n) is 18.4. The number of benzene rings is 1. The second kappa shape index (κ2) is 8.37. The van der Waals surface area contributed by atoms with Crippen molar-refractivity contribution >= 4 is 42.9 Å². The molecule has 0 bridgehead atoms. The molecule has 1 aliphatic rings. The fourth-order valence-electron chi connectivity index (χ4n) is 3.85. The maximum Gasteiger partial charge on any atom is 0.229 e. The second-order valence-corrected chi connectivity index (χ2v) is 11.8. The molecule has 33 heavy (non-hydrogen) atoms. The lowest BCUT2D eigenvalue weighted by Gasteiger charge is -2.29. The number of aromatic nitrogens is 5. The van der Waals surface area contributed by atoms with Gasteiger partial charge in [-0.1, -0.05) is 54.1 Å². The maximum atomic E-state index is 11.7. The Bertz CT molecular complexity index is 1400. The van der Waals surface area contributed by atoms with Crippen LogP contribution in [0.3, 0.4) is 0 Å². The van der Waals surface area contributed by atoms with Crippen LogP contribution >= 0.6 is 22.9 Å². The van der Waals surface area contributed by atoms with E-state index in [2.05, 4.69) is 39.0 Å². The molecular formula is C21H23ClN6O3S2. The molecule has 1 saturated heterocycles. The molecule has 0 saturated carbocycles. The first-order valence-corrected chi connectivity index (χ1v) is 13.7. The molecule has 0 spiro atoms. The van der Waals surface area contributed by atoms with Crippen LogP contribution in [-0.2, 0) is 9.84 Å². The quantitative estimate of drug-likeness (QED) is 0.392. The lowest BCUT2D eigenvalue weighted by Crippen LogP contribution is -2.33. The fourth-order valence-corrected chi connectivity index (χ4v) is 5.75. The van der Waals surface area contributed by atoms with Gasteiger partial charge in [-0.25, -0.2) is 13.4 Å². The molecule has 12 heteroatoms. The third-order valence-corrected chi connectivity index (χ3v) is 8.22. The summed E-state index contributed by atoms with van der Waals surface area (Å²) in [5.41, 5.74) is 1.32. The third kappa shape index (κ3) is 4.24. The molecule has 174 valence electrons. The maximum absolute atomic E-state index is 11.7. The molecular weight excluding hydrogens is 484 g/mol. The van der Waals surface area contributed by atoms with Gasteiger partial charge < -0.3 is 9.42 Å². The third-order valence-electron chi connectivity index (χ3n) is 5.78. The highest BCUT2D eigenvalue weighted by molar-refractivity contribution is 7.90. The van der Waals surface area contributed by atoms with Crippen molar-refractivity contribution in [3.05, 3.63) is 41.1 Å². The van der Waals surface area contributed by atoms with Crippen molar-refractivity contribution in [3.63, 3.8) is 0 Å². The molecule has 4 aromatic rings. The number of piperidine rings is 1. The van der Waals surface area contributed by atoms with E-state index in [-0.39, 0.29) is 16.7 Å². The molecule has 1 aromatic carbocycles. The Hall–Kier alpha value is -2.50. The predicted molar refractivity (Wildman–Crippen MR) is 127 cm³/mol. The summed E-state index contributed by atoms with van der Waals surface area (Å²) in [4.78, 5) is 12.4. The van der Waals surface area contributed by atoms with Gasteiger partial charge in [-0.3, -0.25) is 0 Å². The van der Waals surface area contributed by atoms with Crippen molar-refractivity contribution < 1.29 is 12.9 Å². The van der Waals surface area contributed by atoms with Gasteiger partial charge in [0.05, 0.1) is 4.90 Å². The van der Waals surface area contributed by atoms with Gasteiger partial charge in [-0.15, -0.1) is 5.10 Å². The summed E-state index contributed by atoms with van der Waals surface area (Å²) >= 11 is 8.07. The SMILES string of the molecule is CC(C)c1noc(C2CCN(c3nn4c(Cl)c(-c5ccc(S(C)(=O)=O)cc5)nc4s3)CC2)n1. The van der Waals surface area contributed by atoms with Crippen LogP contribution in [0.5, 0.6) is 0 Å². The van der Waals surface area contributed by atoms with Crippen LogP contribution in [0.4, 0.5) is 5.13 Å². The van der Waals surface area contributed by atoms with E-state index in [1.165, 1.54) is 17.6 Å². The minimum Gasteiger partial charge on any atom is -0.347 e. The van der Waals surface area contributed by atoms with Crippen molar-refractivity contribution in [2.24, 2.45) is 0 Å². The Kier molecular flexibility index (Phi) is 5.66. The molecule has 3 aromatic heterocycles. The van der Waals surface area contributed by atoms with Crippen LogP contribution in [-0.4, -0.2) is 52.5 Å². The number of imidazole rings is 1. The van der Waals surface area contributed by atoms with Gasteiger partial charge in [0.1, 0.15) is 5.69 Å². The molecule has 9 nitrogen and oxygen atoms in total. The van der Waals surface area contributed by atoms with Gasteiger partial charge in [0.2, 0.25) is 16.0 Å². The zero-order valence-corrected chi connectivity index (χ0v) is 20.8. The Labute approximate surface area is 200 Å². The minimum atomic E-state index is -3.26. The van der Waals surface area contributed by atoms with Gasteiger partial charge in [-0.05, 0) is 25.0 Å². The average Bonchev–Trinajstić information content (AvgIpc) is 3.50. The average molecular weight is 507 g/mol. The van der Waals surface area contributed by atoms with Crippen LogP contribution in [0.15, 0.2) is 33.7 Å². The van der Waals surface area contributed by atoms with Crippen molar-refractivity contribution in [1.29, 1.82) is 0 Å². The number of anilines is 1. The molecule has 1 fully saturated rings. The molecule has 0 amide bonds. The fraction of sp³-hybridized carbons (Fsp3) is 0.429. The smallest absolute Gasteiger partial charge is 0.229 e. The van der Waals surface area contributed by atoms with Gasteiger partial charge in [-0.2, -0.15) is 9.50 Å². The topological polar surface area (TPSA) is 106 Å². The predicted octanol–water partition coefficient (Wildman–Crippen LogP) is 4.41. The molecule has 5 rings (SSSR count). The number of hydrogen-bond acceptors (Lipinski definition) is 9. The largest absolute Gasteiger partial charge is 0.347 e. The molecule has 0 aliphatic carbocycles. The lowest BCUT2D eigenvalue weighted by atomic mass is 9.97. The highest BCUT2D eigenvalue weighted by Crippen LogP contribution is 2.36. The van der Waals surface area contributed by atoms with Gasteiger partial charge >= 0.3 is 0 Å². The van der Waals surface area contributed by atoms with Crippen LogP contribution in [0.2, 0.25) is 5.15 Å². The van der Waals surface area contributed by atoms with Crippen molar-refractivity contribution in [2.45, 2.75) is 43.4 Å². The molecule has 0 radical (unpaired) electrons. The van der Waals surface area contributed by atoms with E-state index in [1.54, 1.807) is 28.8 Å². The van der Waals surface area contributed by atoms with E-state index in [4.69, 9.17) is 16.1 Å². The van der Waals surface area contributed by atoms with Gasteiger partial charge in [0.25, 0.3) is 0 Å². The Morgan fingerprint density at radius 3 is 2.42 bits per heavy atom. The molecule has 4 heterocycles. The molecule has 0 N–H and O–H groups in total. The first-order valence-electron chi connectivity index (χ1n) is 10.6. The van der Waals surface area contributed by atoms with Crippen LogP contribution in [0, 0.1) is 0 Å². The summed E-state index contributed by atoms with van der Waals surface area (Å²) in [6.07, 6.45) is 3.00. The summed E-state index contributed by atoms with van der Waals surface area (Å²) in [6.45, 7) is 5.77. The number of sulfone groups is 1. The number of hydrogen-bond donors (Lipinski definition) is 0. The normalized spacial score (nSPS) is 15.7. The minimum absolute atomic E-state index is 0.251. The van der Waals surface area contributed by atoms with Gasteiger partial charge in [0.15, 0.2) is 20.8 Å². The lowest BCUT2D eigenvalue weighted by molar-refractivity contribution is 0.326. The standard InChI is InChI=1S/C21H23ClN6O3S2/c1-12(2)18-24-19(31-26-18)14-8-10-27(11-9-14)21-25-28-17(22)16(23-20(28)32-21)13-4-6-15(7-5-13)33(3,29)30/h4-7,12,14H,8-11H2,1-3H3. The van der Waals surface area contributed by atoms with Crippen molar-refractivity contribution in [1.82, 2.24) is 24.7 Å². The number of halogens is 1. The first kappa shape index (κ1) is 22.3. The summed E-state index contributed by atoms with van der Waals surface area (Å²) < 4.78 is 30.5. The zero-order chi connectivity index (χ0) is 23.3. The second-order valence-electron chi connectivity index (χ2n) is 8.53. The van der Waals surface area contributed by atoms with Crippen LogP contribution < -0.4 is 4.90 Å². The monoisotopic (exact) mass is 506 g/mol. The van der Waals surface area contributed by atoms with Crippen molar-refractivity contribution in [3.8, 4) is 11.3 Å². The van der Waals surface area contributed by atoms with E-state index >= 15 is 0 Å². The van der Waals surface area contributed by atoms with Gasteiger partial charge in [0, 0.05) is 36.7 Å². The Morgan fingerprint density at radius 1 is 1.15 bits per heavy atom. The summed E-state index contributed by atoms with van der Waals surface area (Å²) in [6, 6.07) is 6.54. The van der Waals surface area contributed by atoms with E-state index < -0.39 is 9.84 Å². The summed E-state index contributed by atoms with van der Waals surface area (Å²) in [5.74, 6) is 1.99. The summed E-state index contributed by atoms with van der Waals surface area (Å²) in [5, 5.41) is 10.0. The first-order chi connectivity index (χ1) is 15.7. The highest BCUT2D eigenvalue weighted by Gasteiger charge is 2.28. The van der Waals surface area contributed by atoms with E-state index in [0.29, 0.717) is 15.8 Å². The van der Waals surface area contributed by atoms with E-state index in [0.717, 1.165) is 48.3 Å². The Balaban J connectivity index is 1.32. The molecule has 0 atom stereocenters. The molecule has 1 aliphatic heterocycles.